The molecule has 0 saturated heterocycles. The number of carbonyl (C=O) groups is 1. The van der Waals surface area contributed by atoms with Crippen LogP contribution < -0.4 is 0 Å². The van der Waals surface area contributed by atoms with Crippen LogP contribution in [-0.4, -0.2) is 36.6 Å². The number of aliphatic carboxylic acids is 1. The van der Waals surface area contributed by atoms with Crippen molar-refractivity contribution in [2.45, 2.75) is 44.8 Å². The van der Waals surface area contributed by atoms with Crippen molar-refractivity contribution in [1.29, 1.82) is 0 Å². The van der Waals surface area contributed by atoms with Gasteiger partial charge in [-0.05, 0) is 30.5 Å². The zero-order chi connectivity index (χ0) is 19.1. The van der Waals surface area contributed by atoms with Gasteiger partial charge in [-0.1, -0.05) is 25.0 Å². The fourth-order valence-electron chi connectivity index (χ4n) is 2.28. The van der Waals surface area contributed by atoms with Gasteiger partial charge in [-0.3, -0.25) is 4.79 Å². The molecule has 142 valence electrons. The predicted molar refractivity (Wildman–Crippen MR) is 87.4 cm³/mol. The number of sulfonamides is 1. The third-order valence-corrected chi connectivity index (χ3v) is 4.91. The third-order valence-electron chi connectivity index (χ3n) is 3.66. The van der Waals surface area contributed by atoms with Gasteiger partial charge in [-0.25, -0.2) is 8.42 Å². The van der Waals surface area contributed by atoms with E-state index in [9.17, 15) is 26.4 Å². The van der Waals surface area contributed by atoms with E-state index in [2.05, 4.69) is 0 Å². The van der Waals surface area contributed by atoms with Gasteiger partial charge in [-0.2, -0.15) is 17.5 Å². The van der Waals surface area contributed by atoms with Gasteiger partial charge < -0.3 is 5.11 Å². The summed E-state index contributed by atoms with van der Waals surface area (Å²) < 4.78 is 62.5. The topological polar surface area (TPSA) is 74.7 Å². The second-order valence-corrected chi connectivity index (χ2v) is 7.83. The van der Waals surface area contributed by atoms with E-state index in [1.807, 2.05) is 0 Å². The average Bonchev–Trinajstić information content (AvgIpc) is 2.47. The second kappa shape index (κ2) is 9.19. The van der Waals surface area contributed by atoms with Crippen molar-refractivity contribution in [1.82, 2.24) is 4.31 Å². The van der Waals surface area contributed by atoms with Gasteiger partial charge in [0, 0.05) is 19.5 Å². The number of hydrogen-bond acceptors (Lipinski definition) is 3. The molecule has 0 aliphatic rings. The maximum Gasteiger partial charge on any atom is 0.416 e. The summed E-state index contributed by atoms with van der Waals surface area (Å²) in [6, 6.07) is 4.41. The predicted octanol–water partition coefficient (Wildman–Crippen LogP) is 3.50. The number of halogens is 3. The average molecular weight is 381 g/mol. The molecule has 0 fully saturated rings. The number of carboxylic acid groups (broad SMARTS) is 1. The summed E-state index contributed by atoms with van der Waals surface area (Å²) in [6.07, 6.45) is -0.815. The fraction of sp³-hybridized carbons (Fsp3) is 0.562. The highest BCUT2D eigenvalue weighted by Gasteiger charge is 2.30. The van der Waals surface area contributed by atoms with E-state index in [1.165, 1.54) is 16.4 Å². The SMILES string of the molecule is CS(=O)(=O)N(CCCCCCC(=O)O)Cc1ccc(C(F)(F)F)cc1. The molecule has 0 atom stereocenters. The first kappa shape index (κ1) is 21.4. The van der Waals surface area contributed by atoms with E-state index < -0.39 is 27.7 Å². The molecule has 1 rings (SSSR count). The van der Waals surface area contributed by atoms with Crippen LogP contribution in [0.4, 0.5) is 13.2 Å². The van der Waals surface area contributed by atoms with Gasteiger partial charge in [-0.15, -0.1) is 0 Å². The van der Waals surface area contributed by atoms with Crippen molar-refractivity contribution in [3.8, 4) is 0 Å². The van der Waals surface area contributed by atoms with Crippen molar-refractivity contribution in [2.75, 3.05) is 12.8 Å². The lowest BCUT2D eigenvalue weighted by atomic mass is 10.1. The van der Waals surface area contributed by atoms with Crippen LogP contribution in [0.25, 0.3) is 0 Å². The lowest BCUT2D eigenvalue weighted by Crippen LogP contribution is -2.30. The molecule has 9 heteroatoms. The van der Waals surface area contributed by atoms with Crippen LogP contribution in [0.2, 0.25) is 0 Å². The van der Waals surface area contributed by atoms with Gasteiger partial charge in [0.25, 0.3) is 0 Å². The normalized spacial score (nSPS) is 12.5. The van der Waals surface area contributed by atoms with E-state index in [1.54, 1.807) is 0 Å². The Morgan fingerprint density at radius 2 is 1.64 bits per heavy atom. The van der Waals surface area contributed by atoms with Gasteiger partial charge in [0.05, 0.1) is 11.8 Å². The number of alkyl halides is 3. The number of rotatable bonds is 10. The minimum atomic E-state index is -4.43. The van der Waals surface area contributed by atoms with E-state index in [4.69, 9.17) is 5.11 Å². The molecule has 25 heavy (non-hydrogen) atoms. The van der Waals surface area contributed by atoms with Crippen LogP contribution in [0.3, 0.4) is 0 Å². The number of carboxylic acids is 1. The van der Waals surface area contributed by atoms with Crippen molar-refractivity contribution < 1.29 is 31.5 Å². The van der Waals surface area contributed by atoms with Crippen LogP contribution in [0.15, 0.2) is 24.3 Å². The maximum absolute atomic E-state index is 12.5. The van der Waals surface area contributed by atoms with Crippen molar-refractivity contribution >= 4 is 16.0 Å². The minimum Gasteiger partial charge on any atom is -0.481 e. The molecule has 0 aliphatic carbocycles. The first-order chi connectivity index (χ1) is 11.5. The summed E-state index contributed by atoms with van der Waals surface area (Å²) in [5.41, 5.74) is -0.301. The summed E-state index contributed by atoms with van der Waals surface area (Å²) in [5.74, 6) is -0.861. The Morgan fingerprint density at radius 3 is 2.12 bits per heavy atom. The smallest absolute Gasteiger partial charge is 0.416 e. The van der Waals surface area contributed by atoms with Crippen LogP contribution >= 0.6 is 0 Å². The van der Waals surface area contributed by atoms with Crippen molar-refractivity contribution in [2.24, 2.45) is 0 Å². The molecule has 0 aromatic heterocycles. The summed E-state index contributed by atoms with van der Waals surface area (Å²) >= 11 is 0. The molecule has 0 amide bonds. The van der Waals surface area contributed by atoms with Gasteiger partial charge in [0.1, 0.15) is 0 Å². The largest absolute Gasteiger partial charge is 0.481 e. The van der Waals surface area contributed by atoms with E-state index in [0.717, 1.165) is 18.4 Å². The monoisotopic (exact) mass is 381 g/mol. The number of hydrogen-bond donors (Lipinski definition) is 1. The van der Waals surface area contributed by atoms with E-state index in [-0.39, 0.29) is 19.5 Å². The zero-order valence-corrected chi connectivity index (χ0v) is 14.7. The van der Waals surface area contributed by atoms with Gasteiger partial charge in [0.2, 0.25) is 10.0 Å². The minimum absolute atomic E-state index is 0.00605. The van der Waals surface area contributed by atoms with Crippen LogP contribution in [0.1, 0.15) is 43.2 Å². The number of nitrogens with zero attached hydrogens (tertiary/aromatic N) is 1. The Hall–Kier alpha value is -1.61. The van der Waals surface area contributed by atoms with Crippen molar-refractivity contribution in [3.05, 3.63) is 35.4 Å². The summed E-state index contributed by atoms with van der Waals surface area (Å²) in [6.45, 7) is 0.249. The molecule has 0 spiro atoms. The Morgan fingerprint density at radius 1 is 1.08 bits per heavy atom. The first-order valence-electron chi connectivity index (χ1n) is 7.83. The molecule has 0 unspecified atom stereocenters. The number of unbranched alkanes of at least 4 members (excludes halogenated alkanes) is 3. The molecule has 1 aromatic rings. The molecule has 0 radical (unpaired) electrons. The molecule has 0 saturated carbocycles. The number of benzene rings is 1. The van der Waals surface area contributed by atoms with E-state index >= 15 is 0 Å². The van der Waals surface area contributed by atoms with Gasteiger partial charge >= 0.3 is 12.1 Å². The van der Waals surface area contributed by atoms with Crippen molar-refractivity contribution in [3.63, 3.8) is 0 Å². The maximum atomic E-state index is 12.5. The summed E-state index contributed by atoms with van der Waals surface area (Å²) in [4.78, 5) is 10.4. The highest BCUT2D eigenvalue weighted by Crippen LogP contribution is 2.29. The summed E-state index contributed by atoms with van der Waals surface area (Å²) in [5, 5.41) is 8.54. The van der Waals surface area contributed by atoms with Crippen LogP contribution in [-0.2, 0) is 27.5 Å². The van der Waals surface area contributed by atoms with Crippen LogP contribution in [0, 0.1) is 0 Å². The third kappa shape index (κ3) is 8.35. The van der Waals surface area contributed by atoms with Crippen LogP contribution in [0.5, 0.6) is 0 Å². The fourth-order valence-corrected chi connectivity index (χ4v) is 3.13. The highest BCUT2D eigenvalue weighted by atomic mass is 32.2. The Bertz CT molecular complexity index is 657. The standard InChI is InChI=1S/C16H22F3NO4S/c1-25(23,24)20(11-5-3-2-4-6-15(21)22)12-13-7-9-14(10-8-13)16(17,18)19/h7-10H,2-6,11-12H2,1H3,(H,21,22). The zero-order valence-electron chi connectivity index (χ0n) is 13.9. The Labute approximate surface area is 145 Å². The lowest BCUT2D eigenvalue weighted by Gasteiger charge is -2.20. The molecule has 0 bridgehead atoms. The molecular formula is C16H22F3NO4S. The Balaban J connectivity index is 2.58. The van der Waals surface area contributed by atoms with E-state index in [0.29, 0.717) is 31.2 Å². The molecule has 0 aliphatic heterocycles. The molecule has 5 nitrogen and oxygen atoms in total. The lowest BCUT2D eigenvalue weighted by molar-refractivity contribution is -0.138. The summed E-state index contributed by atoms with van der Waals surface area (Å²) in [7, 11) is -3.49. The molecular weight excluding hydrogens is 359 g/mol. The van der Waals surface area contributed by atoms with Gasteiger partial charge in [0.15, 0.2) is 0 Å². The molecule has 0 heterocycles. The molecule has 1 N–H and O–H groups in total. The first-order valence-corrected chi connectivity index (χ1v) is 9.68. The molecule has 1 aromatic carbocycles. The second-order valence-electron chi connectivity index (χ2n) is 5.85. The highest BCUT2D eigenvalue weighted by molar-refractivity contribution is 7.88. The quantitative estimate of drug-likeness (QED) is 0.630. The Kier molecular flexibility index (Phi) is 7.88.